The molecule has 2 aromatic carbocycles. The van der Waals surface area contributed by atoms with Gasteiger partial charge >= 0.3 is 0 Å². The molecule has 0 unspecified atom stereocenters. The minimum atomic E-state index is -0.375. The summed E-state index contributed by atoms with van der Waals surface area (Å²) in [5.41, 5.74) is 2.30. The average molecular weight is 260 g/mol. The molecule has 0 saturated carbocycles. The van der Waals surface area contributed by atoms with Crippen LogP contribution in [0.4, 0.5) is 8.78 Å². The molecule has 2 aromatic rings. The SMILES string of the molecule is Cc1cc(F)ccc1C(=O)c1cc(C)c(F)c(C)c1. The van der Waals surface area contributed by atoms with E-state index in [0.717, 1.165) is 0 Å². The van der Waals surface area contributed by atoms with Gasteiger partial charge < -0.3 is 0 Å². The minimum Gasteiger partial charge on any atom is -0.289 e. The van der Waals surface area contributed by atoms with Gasteiger partial charge in [-0.2, -0.15) is 0 Å². The second-order valence-electron chi connectivity index (χ2n) is 4.71. The summed E-state index contributed by atoms with van der Waals surface area (Å²) >= 11 is 0. The molecule has 0 atom stereocenters. The van der Waals surface area contributed by atoms with Crippen LogP contribution in [0.25, 0.3) is 0 Å². The smallest absolute Gasteiger partial charge is 0.193 e. The summed E-state index contributed by atoms with van der Waals surface area (Å²) in [4.78, 5) is 12.3. The topological polar surface area (TPSA) is 17.1 Å². The summed E-state index contributed by atoms with van der Waals surface area (Å²) in [6, 6.07) is 7.07. The highest BCUT2D eigenvalue weighted by atomic mass is 19.1. The Labute approximate surface area is 110 Å². The third-order valence-electron chi connectivity index (χ3n) is 3.13. The Morgan fingerprint density at radius 2 is 1.47 bits per heavy atom. The normalized spacial score (nSPS) is 10.6. The van der Waals surface area contributed by atoms with Gasteiger partial charge in [-0.05, 0) is 67.8 Å². The molecular formula is C16H14F2O. The number of hydrogen-bond donors (Lipinski definition) is 0. The van der Waals surface area contributed by atoms with Crippen molar-refractivity contribution in [3.05, 3.63) is 69.8 Å². The number of hydrogen-bond acceptors (Lipinski definition) is 1. The molecular weight excluding hydrogens is 246 g/mol. The van der Waals surface area contributed by atoms with E-state index in [-0.39, 0.29) is 17.4 Å². The summed E-state index contributed by atoms with van der Waals surface area (Å²) < 4.78 is 26.6. The van der Waals surface area contributed by atoms with E-state index in [9.17, 15) is 13.6 Å². The molecule has 0 radical (unpaired) electrons. The van der Waals surface area contributed by atoms with Gasteiger partial charge in [0.15, 0.2) is 5.78 Å². The molecule has 0 amide bonds. The lowest BCUT2D eigenvalue weighted by Gasteiger charge is -2.08. The van der Waals surface area contributed by atoms with Crippen molar-refractivity contribution in [2.45, 2.75) is 20.8 Å². The van der Waals surface area contributed by atoms with Gasteiger partial charge in [-0.3, -0.25) is 4.79 Å². The maximum Gasteiger partial charge on any atom is 0.193 e. The number of benzene rings is 2. The van der Waals surface area contributed by atoms with Crippen LogP contribution in [0.2, 0.25) is 0 Å². The van der Waals surface area contributed by atoms with Crippen LogP contribution < -0.4 is 0 Å². The minimum absolute atomic E-state index is 0.219. The summed E-state index contributed by atoms with van der Waals surface area (Å²) in [7, 11) is 0. The van der Waals surface area contributed by atoms with Gasteiger partial charge in [0.2, 0.25) is 0 Å². The molecule has 0 aliphatic rings. The summed E-state index contributed by atoms with van der Waals surface area (Å²) in [6.07, 6.45) is 0. The highest BCUT2D eigenvalue weighted by Crippen LogP contribution is 2.20. The molecule has 0 saturated heterocycles. The van der Waals surface area contributed by atoms with E-state index in [1.54, 1.807) is 20.8 Å². The molecule has 0 fully saturated rings. The molecule has 19 heavy (non-hydrogen) atoms. The molecule has 98 valence electrons. The number of ketones is 1. The van der Waals surface area contributed by atoms with E-state index in [1.165, 1.54) is 30.3 Å². The maximum absolute atomic E-state index is 13.5. The van der Waals surface area contributed by atoms with Crippen LogP contribution in [0.15, 0.2) is 30.3 Å². The largest absolute Gasteiger partial charge is 0.289 e. The summed E-state index contributed by atoms with van der Waals surface area (Å²) in [5.74, 6) is -0.892. The van der Waals surface area contributed by atoms with Gasteiger partial charge in [0, 0.05) is 11.1 Å². The fourth-order valence-corrected chi connectivity index (χ4v) is 2.11. The van der Waals surface area contributed by atoms with Crippen LogP contribution in [-0.2, 0) is 0 Å². The first kappa shape index (κ1) is 13.4. The fraction of sp³-hybridized carbons (Fsp3) is 0.188. The van der Waals surface area contributed by atoms with Crippen LogP contribution >= 0.6 is 0 Å². The molecule has 0 bridgehead atoms. The lowest BCUT2D eigenvalue weighted by Crippen LogP contribution is -2.06. The van der Waals surface area contributed by atoms with Gasteiger partial charge in [-0.25, -0.2) is 8.78 Å². The predicted molar refractivity (Wildman–Crippen MR) is 70.4 cm³/mol. The van der Waals surface area contributed by atoms with Crippen LogP contribution in [0.5, 0.6) is 0 Å². The van der Waals surface area contributed by atoms with Crippen molar-refractivity contribution in [3.63, 3.8) is 0 Å². The Morgan fingerprint density at radius 1 is 0.895 bits per heavy atom. The Bertz CT molecular complexity index is 637. The molecule has 1 nitrogen and oxygen atoms in total. The lowest BCUT2D eigenvalue weighted by atomic mass is 9.96. The Morgan fingerprint density at radius 3 is 2.00 bits per heavy atom. The Kier molecular flexibility index (Phi) is 3.47. The van der Waals surface area contributed by atoms with Crippen LogP contribution in [0, 0.1) is 32.4 Å². The quantitative estimate of drug-likeness (QED) is 0.742. The van der Waals surface area contributed by atoms with E-state index in [1.807, 2.05) is 0 Å². The first-order valence-electron chi connectivity index (χ1n) is 5.97. The van der Waals surface area contributed by atoms with E-state index >= 15 is 0 Å². The zero-order chi connectivity index (χ0) is 14.2. The second kappa shape index (κ2) is 4.92. The van der Waals surface area contributed by atoms with Crippen LogP contribution in [0.1, 0.15) is 32.6 Å². The molecule has 2 rings (SSSR count). The van der Waals surface area contributed by atoms with Crippen LogP contribution in [0.3, 0.4) is 0 Å². The summed E-state index contributed by atoms with van der Waals surface area (Å²) in [5, 5.41) is 0. The molecule has 3 heteroatoms. The number of halogens is 2. The van der Waals surface area contributed by atoms with Gasteiger partial charge in [0.05, 0.1) is 0 Å². The molecule has 0 N–H and O–H groups in total. The third-order valence-corrected chi connectivity index (χ3v) is 3.13. The monoisotopic (exact) mass is 260 g/mol. The highest BCUT2D eigenvalue weighted by molar-refractivity contribution is 6.10. The lowest BCUT2D eigenvalue weighted by molar-refractivity contribution is 0.103. The predicted octanol–water partition coefficient (Wildman–Crippen LogP) is 4.12. The average Bonchev–Trinajstić information content (AvgIpc) is 2.34. The summed E-state index contributed by atoms with van der Waals surface area (Å²) in [6.45, 7) is 4.92. The zero-order valence-electron chi connectivity index (χ0n) is 11.1. The van der Waals surface area contributed by atoms with E-state index in [2.05, 4.69) is 0 Å². The Balaban J connectivity index is 2.50. The first-order valence-corrected chi connectivity index (χ1v) is 5.97. The van der Waals surface area contributed by atoms with Crippen molar-refractivity contribution in [3.8, 4) is 0 Å². The highest BCUT2D eigenvalue weighted by Gasteiger charge is 2.14. The van der Waals surface area contributed by atoms with Gasteiger partial charge in [-0.1, -0.05) is 0 Å². The third kappa shape index (κ3) is 2.55. The fourth-order valence-electron chi connectivity index (χ4n) is 2.11. The van der Waals surface area contributed by atoms with Crippen molar-refractivity contribution in [2.24, 2.45) is 0 Å². The van der Waals surface area contributed by atoms with E-state index in [4.69, 9.17) is 0 Å². The number of carbonyl (C=O) groups is 1. The number of rotatable bonds is 2. The van der Waals surface area contributed by atoms with E-state index < -0.39 is 0 Å². The number of aryl methyl sites for hydroxylation is 3. The molecule has 0 aliphatic carbocycles. The molecule has 0 spiro atoms. The Hall–Kier alpha value is -2.03. The van der Waals surface area contributed by atoms with E-state index in [0.29, 0.717) is 27.8 Å². The number of carbonyl (C=O) groups excluding carboxylic acids is 1. The van der Waals surface area contributed by atoms with Crippen LogP contribution in [-0.4, -0.2) is 5.78 Å². The van der Waals surface area contributed by atoms with Crippen molar-refractivity contribution in [1.29, 1.82) is 0 Å². The maximum atomic E-state index is 13.5. The van der Waals surface area contributed by atoms with Gasteiger partial charge in [0.1, 0.15) is 11.6 Å². The van der Waals surface area contributed by atoms with Crippen molar-refractivity contribution in [2.75, 3.05) is 0 Å². The van der Waals surface area contributed by atoms with Crippen molar-refractivity contribution >= 4 is 5.78 Å². The molecule has 0 aliphatic heterocycles. The van der Waals surface area contributed by atoms with Crippen molar-refractivity contribution in [1.82, 2.24) is 0 Å². The standard InChI is InChI=1S/C16H14F2O/c1-9-8-13(17)4-5-14(9)16(19)12-6-10(2)15(18)11(3)7-12/h4-8H,1-3H3. The van der Waals surface area contributed by atoms with Gasteiger partial charge in [-0.15, -0.1) is 0 Å². The molecule has 0 aromatic heterocycles. The van der Waals surface area contributed by atoms with Gasteiger partial charge in [0.25, 0.3) is 0 Å². The second-order valence-corrected chi connectivity index (χ2v) is 4.71. The first-order chi connectivity index (χ1) is 8.90. The zero-order valence-corrected chi connectivity index (χ0v) is 11.1. The molecule has 0 heterocycles. The van der Waals surface area contributed by atoms with Crippen molar-refractivity contribution < 1.29 is 13.6 Å².